The summed E-state index contributed by atoms with van der Waals surface area (Å²) in [7, 11) is 0. The minimum absolute atomic E-state index is 0.129. The third kappa shape index (κ3) is 3.09. The highest BCUT2D eigenvalue weighted by Crippen LogP contribution is 2.60. The molecule has 5 fully saturated rings. The van der Waals surface area contributed by atoms with Crippen molar-refractivity contribution in [3.8, 4) is 0 Å². The monoisotopic (exact) mass is 436 g/mol. The van der Waals surface area contributed by atoms with Crippen LogP contribution in [0.2, 0.25) is 0 Å². The molecule has 0 N–H and O–H groups in total. The molecule has 2 heterocycles. The number of nitrogens with zero attached hydrogens (tertiary/aromatic N) is 2. The second kappa shape index (κ2) is 7.06. The van der Waals surface area contributed by atoms with Crippen LogP contribution in [0.25, 0.3) is 0 Å². The molecule has 4 bridgehead atoms. The highest BCUT2D eigenvalue weighted by molar-refractivity contribution is 5.97. The topological polar surface area (TPSA) is 66.9 Å². The van der Waals surface area contributed by atoms with Gasteiger partial charge in [-0.05, 0) is 74.8 Å². The number of esters is 1. The first-order chi connectivity index (χ1) is 15.4. The maximum absolute atomic E-state index is 13.6. The van der Waals surface area contributed by atoms with Gasteiger partial charge in [-0.3, -0.25) is 9.59 Å². The summed E-state index contributed by atoms with van der Waals surface area (Å²) in [5.41, 5.74) is 0.0894. The molecular weight excluding hydrogens is 404 g/mol. The van der Waals surface area contributed by atoms with Crippen molar-refractivity contribution in [2.24, 2.45) is 23.2 Å². The average Bonchev–Trinajstić information content (AvgIpc) is 2.77. The molecule has 7 rings (SSSR count). The number of rotatable bonds is 2. The van der Waals surface area contributed by atoms with Crippen LogP contribution in [0.5, 0.6) is 0 Å². The number of carbonyl (C=O) groups is 3. The van der Waals surface area contributed by atoms with Gasteiger partial charge < -0.3 is 14.5 Å². The molecule has 2 amide bonds. The standard InChI is InChI=1S/C26H32N2O4/c1-25(16-20-4-2-3-5-21(20)22(29)32-25)23(30)27-6-8-28(9-7-27)24(31)26-13-17-10-18(14-26)12-19(11-17)15-26/h2-5,17-19H,6-16H2,1H3. The Hall–Kier alpha value is -2.37. The molecule has 4 saturated carbocycles. The lowest BCUT2D eigenvalue weighted by Gasteiger charge is -2.57. The molecule has 170 valence electrons. The van der Waals surface area contributed by atoms with Gasteiger partial charge in [0.15, 0.2) is 5.60 Å². The van der Waals surface area contributed by atoms with Crippen LogP contribution in [0.1, 0.15) is 61.4 Å². The number of ether oxygens (including phenoxy) is 1. The summed E-state index contributed by atoms with van der Waals surface area (Å²) in [6.45, 7) is 3.88. The highest BCUT2D eigenvalue weighted by Gasteiger charge is 2.56. The van der Waals surface area contributed by atoms with Crippen LogP contribution in [0, 0.1) is 23.2 Å². The van der Waals surface area contributed by atoms with Crippen LogP contribution < -0.4 is 0 Å². The highest BCUT2D eigenvalue weighted by atomic mass is 16.6. The van der Waals surface area contributed by atoms with Crippen LogP contribution >= 0.6 is 0 Å². The van der Waals surface area contributed by atoms with Gasteiger partial charge in [-0.25, -0.2) is 4.79 Å². The fourth-order valence-corrected chi connectivity index (χ4v) is 7.81. The number of amides is 2. The van der Waals surface area contributed by atoms with E-state index in [2.05, 4.69) is 0 Å². The van der Waals surface area contributed by atoms with E-state index in [-0.39, 0.29) is 11.3 Å². The van der Waals surface area contributed by atoms with E-state index in [1.807, 2.05) is 23.1 Å². The van der Waals surface area contributed by atoms with Gasteiger partial charge in [-0.2, -0.15) is 0 Å². The van der Waals surface area contributed by atoms with Gasteiger partial charge in [-0.1, -0.05) is 18.2 Å². The number of piperazine rings is 1. The Kier molecular flexibility index (Phi) is 4.47. The van der Waals surface area contributed by atoms with Crippen molar-refractivity contribution in [3.63, 3.8) is 0 Å². The lowest BCUT2D eigenvalue weighted by atomic mass is 9.49. The first-order valence-electron chi connectivity index (χ1n) is 12.3. The Morgan fingerprint density at radius 3 is 2.00 bits per heavy atom. The molecule has 1 aromatic carbocycles. The minimum atomic E-state index is -1.18. The Labute approximate surface area is 189 Å². The van der Waals surface area contributed by atoms with Gasteiger partial charge in [0.1, 0.15) is 0 Å². The Morgan fingerprint density at radius 1 is 0.875 bits per heavy atom. The second-order valence-corrected chi connectivity index (χ2v) is 11.2. The van der Waals surface area contributed by atoms with Gasteiger partial charge >= 0.3 is 5.97 Å². The molecule has 6 heteroatoms. The zero-order valence-electron chi connectivity index (χ0n) is 18.8. The van der Waals surface area contributed by atoms with Crippen LogP contribution in [0.4, 0.5) is 0 Å². The first kappa shape index (κ1) is 20.3. The molecule has 1 aromatic rings. The van der Waals surface area contributed by atoms with Crippen molar-refractivity contribution < 1.29 is 19.1 Å². The van der Waals surface area contributed by atoms with E-state index in [1.165, 1.54) is 19.3 Å². The van der Waals surface area contributed by atoms with Crippen LogP contribution in [-0.4, -0.2) is 59.4 Å². The zero-order chi connectivity index (χ0) is 22.1. The van der Waals surface area contributed by atoms with Crippen LogP contribution in [0.3, 0.4) is 0 Å². The third-order valence-electron chi connectivity index (χ3n) is 8.88. The van der Waals surface area contributed by atoms with Crippen LogP contribution in [0.15, 0.2) is 24.3 Å². The summed E-state index contributed by atoms with van der Waals surface area (Å²) in [6, 6.07) is 7.34. The Balaban J connectivity index is 1.12. The number of fused-ring (bicyclic) bond motifs is 1. The van der Waals surface area contributed by atoms with Crippen molar-refractivity contribution in [2.75, 3.05) is 26.2 Å². The molecule has 0 spiro atoms. The normalized spacial score (nSPS) is 37.8. The molecule has 1 unspecified atom stereocenters. The van der Waals surface area contributed by atoms with Crippen LogP contribution in [-0.2, 0) is 20.7 Å². The first-order valence-corrected chi connectivity index (χ1v) is 12.3. The fourth-order valence-electron chi connectivity index (χ4n) is 7.81. The second-order valence-electron chi connectivity index (χ2n) is 11.2. The van der Waals surface area contributed by atoms with E-state index in [0.29, 0.717) is 44.1 Å². The zero-order valence-corrected chi connectivity index (χ0v) is 18.8. The SMILES string of the molecule is CC1(C(=O)N2CCN(C(=O)C34CC5CC(CC(C5)C3)C4)CC2)Cc2ccccc2C(=O)O1. The average molecular weight is 437 g/mol. The molecular formula is C26H32N2O4. The van der Waals surface area contributed by atoms with Crippen molar-refractivity contribution in [2.45, 2.75) is 57.5 Å². The fraction of sp³-hybridized carbons (Fsp3) is 0.654. The largest absolute Gasteiger partial charge is 0.445 e. The lowest BCUT2D eigenvalue weighted by molar-refractivity contribution is -0.163. The molecule has 1 atom stereocenters. The van der Waals surface area contributed by atoms with Gasteiger partial charge in [0.25, 0.3) is 5.91 Å². The van der Waals surface area contributed by atoms with Gasteiger partial charge in [-0.15, -0.1) is 0 Å². The molecule has 4 aliphatic carbocycles. The number of cyclic esters (lactones) is 1. The van der Waals surface area contributed by atoms with Crippen molar-refractivity contribution in [1.29, 1.82) is 0 Å². The summed E-state index contributed by atoms with van der Waals surface area (Å²) in [4.78, 5) is 43.3. The van der Waals surface area contributed by atoms with Crippen molar-refractivity contribution in [3.05, 3.63) is 35.4 Å². The van der Waals surface area contributed by atoms with E-state index in [1.54, 1.807) is 17.9 Å². The third-order valence-corrected chi connectivity index (χ3v) is 8.88. The quantitative estimate of drug-likeness (QED) is 0.669. The molecule has 6 aliphatic rings. The van der Waals surface area contributed by atoms with Gasteiger partial charge in [0.05, 0.1) is 11.0 Å². The van der Waals surface area contributed by atoms with Gasteiger partial charge in [0.2, 0.25) is 5.91 Å². The van der Waals surface area contributed by atoms with E-state index in [4.69, 9.17) is 4.74 Å². The van der Waals surface area contributed by atoms with Gasteiger partial charge in [0, 0.05) is 32.6 Å². The molecule has 1 saturated heterocycles. The summed E-state index contributed by atoms with van der Waals surface area (Å²) in [6.07, 6.45) is 7.60. The van der Waals surface area contributed by atoms with Crippen molar-refractivity contribution in [1.82, 2.24) is 9.80 Å². The number of carbonyl (C=O) groups excluding carboxylic acids is 3. The van der Waals surface area contributed by atoms with E-state index in [9.17, 15) is 14.4 Å². The lowest BCUT2D eigenvalue weighted by Crippen LogP contribution is -2.61. The summed E-state index contributed by atoms with van der Waals surface area (Å²) >= 11 is 0. The number of hydrogen-bond donors (Lipinski definition) is 0. The Bertz CT molecular complexity index is 945. The predicted octanol–water partition coefficient (Wildman–Crippen LogP) is 3.05. The smallest absolute Gasteiger partial charge is 0.339 e. The van der Waals surface area contributed by atoms with E-state index in [0.717, 1.165) is 42.6 Å². The molecule has 32 heavy (non-hydrogen) atoms. The number of hydrogen-bond acceptors (Lipinski definition) is 4. The maximum atomic E-state index is 13.6. The maximum Gasteiger partial charge on any atom is 0.339 e. The summed E-state index contributed by atoms with van der Waals surface area (Å²) in [5, 5.41) is 0. The molecule has 0 aromatic heterocycles. The predicted molar refractivity (Wildman–Crippen MR) is 118 cm³/mol. The summed E-state index contributed by atoms with van der Waals surface area (Å²) in [5.74, 6) is 2.00. The summed E-state index contributed by atoms with van der Waals surface area (Å²) < 4.78 is 5.64. The minimum Gasteiger partial charge on any atom is -0.445 e. The number of benzene rings is 1. The Morgan fingerprint density at radius 2 is 1.41 bits per heavy atom. The van der Waals surface area contributed by atoms with E-state index >= 15 is 0 Å². The van der Waals surface area contributed by atoms with Crippen molar-refractivity contribution >= 4 is 17.8 Å². The molecule has 2 aliphatic heterocycles. The molecule has 0 radical (unpaired) electrons. The van der Waals surface area contributed by atoms with E-state index < -0.39 is 11.6 Å². The molecule has 6 nitrogen and oxygen atoms in total.